The molecule has 17 heavy (non-hydrogen) atoms. The van der Waals surface area contributed by atoms with Crippen LogP contribution >= 0.6 is 15.9 Å². The number of hydrogen-bond donors (Lipinski definition) is 1. The molecule has 2 nitrogen and oxygen atoms in total. The summed E-state index contributed by atoms with van der Waals surface area (Å²) < 4.78 is -0.486. The quantitative estimate of drug-likeness (QED) is 0.829. The van der Waals surface area contributed by atoms with Gasteiger partial charge < -0.3 is 5.32 Å². The molecule has 0 radical (unpaired) electrons. The number of alkyl halides is 1. The van der Waals surface area contributed by atoms with Crippen molar-refractivity contribution in [1.82, 2.24) is 0 Å². The summed E-state index contributed by atoms with van der Waals surface area (Å²) >= 11 is 3.49. The summed E-state index contributed by atoms with van der Waals surface area (Å²) in [4.78, 5) is 12.1. The first-order valence-corrected chi connectivity index (χ1v) is 6.73. The third-order valence-corrected chi connectivity index (χ3v) is 3.71. The van der Waals surface area contributed by atoms with Crippen molar-refractivity contribution in [3.05, 3.63) is 29.3 Å². The third-order valence-electron chi connectivity index (χ3n) is 2.96. The Morgan fingerprint density at radius 1 is 1.35 bits per heavy atom. The molecule has 0 saturated carbocycles. The number of benzene rings is 1. The zero-order chi connectivity index (χ0) is 13.1. The highest BCUT2D eigenvalue weighted by molar-refractivity contribution is 9.10. The SMILES string of the molecule is CCCC(C)(Br)C(=O)Nc1ccc(C)c(C)c1. The molecule has 1 unspecified atom stereocenters. The van der Waals surface area contributed by atoms with E-state index >= 15 is 0 Å². The van der Waals surface area contributed by atoms with Crippen molar-refractivity contribution in [3.63, 3.8) is 0 Å². The minimum Gasteiger partial charge on any atom is -0.325 e. The zero-order valence-electron chi connectivity index (χ0n) is 10.9. The maximum Gasteiger partial charge on any atom is 0.240 e. The predicted molar refractivity (Wildman–Crippen MR) is 76.8 cm³/mol. The molecule has 0 spiro atoms. The lowest BCUT2D eigenvalue weighted by Gasteiger charge is -2.21. The molecule has 94 valence electrons. The van der Waals surface area contributed by atoms with Crippen LogP contribution in [-0.4, -0.2) is 10.2 Å². The predicted octanol–water partition coefficient (Wildman–Crippen LogP) is 4.20. The van der Waals surface area contributed by atoms with Gasteiger partial charge >= 0.3 is 0 Å². The number of hydrogen-bond acceptors (Lipinski definition) is 1. The molecule has 1 aromatic carbocycles. The second kappa shape index (κ2) is 5.67. The first-order chi connectivity index (χ1) is 7.86. The van der Waals surface area contributed by atoms with E-state index in [1.807, 2.05) is 32.0 Å². The smallest absolute Gasteiger partial charge is 0.240 e. The molecule has 0 saturated heterocycles. The van der Waals surface area contributed by atoms with Gasteiger partial charge in [0.2, 0.25) is 5.91 Å². The van der Waals surface area contributed by atoms with E-state index in [2.05, 4.69) is 35.1 Å². The normalized spacial score (nSPS) is 14.2. The number of halogens is 1. The van der Waals surface area contributed by atoms with Gasteiger partial charge in [0.1, 0.15) is 4.32 Å². The standard InChI is InChI=1S/C14H20BrNO/c1-5-8-14(4,15)13(17)16-12-7-6-10(2)11(3)9-12/h6-7,9H,5,8H2,1-4H3,(H,16,17). The Morgan fingerprint density at radius 3 is 2.53 bits per heavy atom. The van der Waals surface area contributed by atoms with Crippen LogP contribution in [0.25, 0.3) is 0 Å². The largest absolute Gasteiger partial charge is 0.325 e. The second-order valence-corrected chi connectivity index (χ2v) is 6.45. The van der Waals surface area contributed by atoms with Crippen molar-refractivity contribution in [2.75, 3.05) is 5.32 Å². The fraction of sp³-hybridized carbons (Fsp3) is 0.500. The van der Waals surface area contributed by atoms with E-state index in [0.717, 1.165) is 18.5 Å². The molecule has 0 bridgehead atoms. The first-order valence-electron chi connectivity index (χ1n) is 5.94. The Bertz CT molecular complexity index is 413. The fourth-order valence-electron chi connectivity index (χ4n) is 1.66. The summed E-state index contributed by atoms with van der Waals surface area (Å²) in [5.41, 5.74) is 3.28. The van der Waals surface area contributed by atoms with Gasteiger partial charge in [-0.1, -0.05) is 35.3 Å². The Kier molecular flexibility index (Phi) is 4.75. The van der Waals surface area contributed by atoms with Gasteiger partial charge in [-0.2, -0.15) is 0 Å². The van der Waals surface area contributed by atoms with Crippen LogP contribution in [0, 0.1) is 13.8 Å². The van der Waals surface area contributed by atoms with Gasteiger partial charge in [0.15, 0.2) is 0 Å². The molecule has 3 heteroatoms. The number of amides is 1. The van der Waals surface area contributed by atoms with Gasteiger partial charge in [0.05, 0.1) is 0 Å². The van der Waals surface area contributed by atoms with Crippen LogP contribution in [0.5, 0.6) is 0 Å². The van der Waals surface area contributed by atoms with Gasteiger partial charge in [-0.05, 0) is 50.5 Å². The lowest BCUT2D eigenvalue weighted by atomic mass is 10.0. The molecule has 1 rings (SSSR count). The van der Waals surface area contributed by atoms with Crippen LogP contribution in [0.1, 0.15) is 37.8 Å². The lowest BCUT2D eigenvalue weighted by molar-refractivity contribution is -0.118. The molecule has 0 heterocycles. The molecule has 1 atom stereocenters. The molecule has 1 amide bonds. The van der Waals surface area contributed by atoms with Crippen molar-refractivity contribution in [3.8, 4) is 0 Å². The van der Waals surface area contributed by atoms with Crippen LogP contribution in [0.2, 0.25) is 0 Å². The van der Waals surface area contributed by atoms with Gasteiger partial charge in [-0.15, -0.1) is 0 Å². The molecule has 0 aliphatic carbocycles. The first kappa shape index (κ1) is 14.2. The average molecular weight is 298 g/mol. The number of rotatable bonds is 4. The molecule has 0 aromatic heterocycles. The molecule has 1 N–H and O–H groups in total. The Hall–Kier alpha value is -0.830. The Labute approximate surface area is 112 Å². The molecule has 0 aliphatic heterocycles. The average Bonchev–Trinajstić information content (AvgIpc) is 2.23. The maximum absolute atomic E-state index is 12.1. The van der Waals surface area contributed by atoms with Crippen LogP contribution < -0.4 is 5.32 Å². The molecule has 1 aromatic rings. The van der Waals surface area contributed by atoms with Crippen LogP contribution in [-0.2, 0) is 4.79 Å². The van der Waals surface area contributed by atoms with E-state index in [0.29, 0.717) is 0 Å². The second-order valence-electron chi connectivity index (χ2n) is 4.70. The summed E-state index contributed by atoms with van der Waals surface area (Å²) in [7, 11) is 0. The van der Waals surface area contributed by atoms with E-state index in [1.165, 1.54) is 11.1 Å². The maximum atomic E-state index is 12.1. The van der Waals surface area contributed by atoms with Crippen molar-refractivity contribution >= 4 is 27.5 Å². The summed E-state index contributed by atoms with van der Waals surface area (Å²) in [6.07, 6.45) is 1.80. The van der Waals surface area contributed by atoms with Gasteiger partial charge in [0, 0.05) is 5.69 Å². The van der Waals surface area contributed by atoms with Crippen LogP contribution in [0.15, 0.2) is 18.2 Å². The molecular formula is C14H20BrNO. The number of nitrogens with one attached hydrogen (secondary N) is 1. The molecule has 0 fully saturated rings. The third kappa shape index (κ3) is 3.84. The van der Waals surface area contributed by atoms with E-state index in [-0.39, 0.29) is 5.91 Å². The Balaban J connectivity index is 2.77. The van der Waals surface area contributed by atoms with Gasteiger partial charge in [-0.3, -0.25) is 4.79 Å². The number of carbonyl (C=O) groups is 1. The van der Waals surface area contributed by atoms with E-state index in [4.69, 9.17) is 0 Å². The highest BCUT2D eigenvalue weighted by Gasteiger charge is 2.28. The lowest BCUT2D eigenvalue weighted by Crippen LogP contribution is -2.34. The van der Waals surface area contributed by atoms with E-state index in [1.54, 1.807) is 0 Å². The minimum atomic E-state index is -0.486. The van der Waals surface area contributed by atoms with E-state index < -0.39 is 4.32 Å². The van der Waals surface area contributed by atoms with Crippen molar-refractivity contribution in [2.45, 2.75) is 44.9 Å². The monoisotopic (exact) mass is 297 g/mol. The Morgan fingerprint density at radius 2 is 2.00 bits per heavy atom. The number of carbonyl (C=O) groups excluding carboxylic acids is 1. The van der Waals surface area contributed by atoms with Crippen molar-refractivity contribution in [2.24, 2.45) is 0 Å². The highest BCUT2D eigenvalue weighted by atomic mass is 79.9. The topological polar surface area (TPSA) is 29.1 Å². The summed E-state index contributed by atoms with van der Waals surface area (Å²) in [6, 6.07) is 5.97. The summed E-state index contributed by atoms with van der Waals surface area (Å²) in [5.74, 6) is 0.0163. The van der Waals surface area contributed by atoms with Crippen molar-refractivity contribution < 1.29 is 4.79 Å². The highest BCUT2D eigenvalue weighted by Crippen LogP contribution is 2.26. The van der Waals surface area contributed by atoms with Crippen LogP contribution in [0.3, 0.4) is 0 Å². The fourth-order valence-corrected chi connectivity index (χ4v) is 2.16. The molecular weight excluding hydrogens is 278 g/mol. The van der Waals surface area contributed by atoms with Crippen LogP contribution in [0.4, 0.5) is 5.69 Å². The zero-order valence-corrected chi connectivity index (χ0v) is 12.5. The minimum absolute atomic E-state index is 0.0163. The van der Waals surface area contributed by atoms with Crippen molar-refractivity contribution in [1.29, 1.82) is 0 Å². The number of anilines is 1. The van der Waals surface area contributed by atoms with Gasteiger partial charge in [-0.25, -0.2) is 0 Å². The van der Waals surface area contributed by atoms with E-state index in [9.17, 15) is 4.79 Å². The number of aryl methyl sites for hydroxylation is 2. The van der Waals surface area contributed by atoms with Gasteiger partial charge in [0.25, 0.3) is 0 Å². The summed E-state index contributed by atoms with van der Waals surface area (Å²) in [6.45, 7) is 8.09. The molecule has 0 aliphatic rings. The summed E-state index contributed by atoms with van der Waals surface area (Å²) in [5, 5.41) is 2.95.